The molecule has 6 heteroatoms. The maximum atomic E-state index is 11.3. The normalized spacial score (nSPS) is 15.1. The molecular weight excluding hydrogens is 178 g/mol. The number of nitrogens with two attached hydrogens (primary N) is 1. The van der Waals surface area contributed by atoms with E-state index in [-0.39, 0.29) is 6.04 Å². The third kappa shape index (κ3) is 3.06. The standard InChI is InChI=1S/C6H17N3O2S/c1-4-8-12(10,11)9(3)6(2)5-7/h6,8H,4-5,7H2,1-3H3. The SMILES string of the molecule is CCNS(=O)(=O)N(C)C(C)CN. The van der Waals surface area contributed by atoms with Gasteiger partial charge in [-0.3, -0.25) is 0 Å². The van der Waals surface area contributed by atoms with Gasteiger partial charge >= 0.3 is 0 Å². The maximum Gasteiger partial charge on any atom is 0.279 e. The van der Waals surface area contributed by atoms with Crippen molar-refractivity contribution in [2.45, 2.75) is 19.9 Å². The molecule has 12 heavy (non-hydrogen) atoms. The fraction of sp³-hybridized carbons (Fsp3) is 1.00. The molecule has 0 aromatic heterocycles. The van der Waals surface area contributed by atoms with Crippen LogP contribution in [0.5, 0.6) is 0 Å². The zero-order chi connectivity index (χ0) is 9.78. The highest BCUT2D eigenvalue weighted by Gasteiger charge is 2.20. The molecule has 0 saturated carbocycles. The van der Waals surface area contributed by atoms with Gasteiger partial charge in [0.05, 0.1) is 0 Å². The second-order valence-electron chi connectivity index (χ2n) is 2.60. The van der Waals surface area contributed by atoms with Crippen LogP contribution in [0, 0.1) is 0 Å². The average molecular weight is 195 g/mol. The van der Waals surface area contributed by atoms with Crippen LogP contribution in [0.15, 0.2) is 0 Å². The van der Waals surface area contributed by atoms with E-state index in [0.717, 1.165) is 0 Å². The minimum absolute atomic E-state index is 0.172. The van der Waals surface area contributed by atoms with Crippen LogP contribution in [0.2, 0.25) is 0 Å². The molecule has 0 amide bonds. The van der Waals surface area contributed by atoms with Crippen LogP contribution in [0.4, 0.5) is 0 Å². The van der Waals surface area contributed by atoms with E-state index in [4.69, 9.17) is 5.73 Å². The molecule has 0 rings (SSSR count). The molecule has 0 radical (unpaired) electrons. The van der Waals surface area contributed by atoms with Crippen LogP contribution in [0.25, 0.3) is 0 Å². The molecule has 0 bridgehead atoms. The largest absolute Gasteiger partial charge is 0.329 e. The Morgan fingerprint density at radius 1 is 1.58 bits per heavy atom. The Kier molecular flexibility index (Phi) is 4.69. The highest BCUT2D eigenvalue weighted by molar-refractivity contribution is 7.87. The number of nitrogens with one attached hydrogen (secondary N) is 1. The van der Waals surface area contributed by atoms with Crippen molar-refractivity contribution in [3.8, 4) is 0 Å². The van der Waals surface area contributed by atoms with Crippen molar-refractivity contribution in [1.82, 2.24) is 9.03 Å². The fourth-order valence-corrected chi connectivity index (χ4v) is 1.80. The molecule has 1 unspecified atom stereocenters. The van der Waals surface area contributed by atoms with Crippen LogP contribution >= 0.6 is 0 Å². The van der Waals surface area contributed by atoms with Gasteiger partial charge in [-0.2, -0.15) is 12.7 Å². The van der Waals surface area contributed by atoms with Gasteiger partial charge in [-0.25, -0.2) is 4.72 Å². The van der Waals surface area contributed by atoms with Gasteiger partial charge in [-0.1, -0.05) is 6.92 Å². The molecule has 1 atom stereocenters. The number of nitrogens with zero attached hydrogens (tertiary/aromatic N) is 1. The summed E-state index contributed by atoms with van der Waals surface area (Å²) >= 11 is 0. The molecule has 0 aliphatic rings. The monoisotopic (exact) mass is 195 g/mol. The van der Waals surface area contributed by atoms with E-state index in [1.807, 2.05) is 0 Å². The van der Waals surface area contributed by atoms with Crippen molar-refractivity contribution < 1.29 is 8.42 Å². The predicted molar refractivity (Wildman–Crippen MR) is 48.9 cm³/mol. The summed E-state index contributed by atoms with van der Waals surface area (Å²) < 4.78 is 26.2. The molecular formula is C6H17N3O2S. The van der Waals surface area contributed by atoms with Gasteiger partial charge in [0.2, 0.25) is 0 Å². The van der Waals surface area contributed by atoms with Crippen LogP contribution in [0.1, 0.15) is 13.8 Å². The second-order valence-corrected chi connectivity index (χ2v) is 4.42. The minimum atomic E-state index is -3.32. The summed E-state index contributed by atoms with van der Waals surface area (Å²) in [4.78, 5) is 0. The quantitative estimate of drug-likeness (QED) is 0.598. The van der Waals surface area contributed by atoms with Crippen molar-refractivity contribution >= 4 is 10.2 Å². The number of hydrogen-bond acceptors (Lipinski definition) is 3. The number of hydrogen-bond donors (Lipinski definition) is 2. The molecule has 0 aliphatic carbocycles. The molecule has 3 N–H and O–H groups in total. The van der Waals surface area contributed by atoms with Gasteiger partial charge in [0.1, 0.15) is 0 Å². The van der Waals surface area contributed by atoms with Gasteiger partial charge in [0.15, 0.2) is 0 Å². The van der Waals surface area contributed by atoms with Crippen molar-refractivity contribution in [3.05, 3.63) is 0 Å². The zero-order valence-corrected chi connectivity index (χ0v) is 8.56. The van der Waals surface area contributed by atoms with Gasteiger partial charge in [0.25, 0.3) is 10.2 Å². The van der Waals surface area contributed by atoms with Crippen LogP contribution < -0.4 is 10.5 Å². The third-order valence-electron chi connectivity index (χ3n) is 1.67. The van der Waals surface area contributed by atoms with Crippen molar-refractivity contribution in [1.29, 1.82) is 0 Å². The smallest absolute Gasteiger partial charge is 0.279 e. The zero-order valence-electron chi connectivity index (χ0n) is 7.74. The summed E-state index contributed by atoms with van der Waals surface area (Å²) in [6, 6.07) is -0.172. The van der Waals surface area contributed by atoms with E-state index in [0.29, 0.717) is 13.1 Å². The van der Waals surface area contributed by atoms with Gasteiger partial charge < -0.3 is 5.73 Å². The molecule has 0 saturated heterocycles. The summed E-state index contributed by atoms with van der Waals surface area (Å²) in [5, 5.41) is 0. The summed E-state index contributed by atoms with van der Waals surface area (Å²) in [6.45, 7) is 4.21. The summed E-state index contributed by atoms with van der Waals surface area (Å²) in [6.07, 6.45) is 0. The molecule has 0 fully saturated rings. The fourth-order valence-electron chi connectivity index (χ4n) is 0.670. The first-order chi connectivity index (χ1) is 5.45. The minimum Gasteiger partial charge on any atom is -0.329 e. The average Bonchev–Trinajstić information content (AvgIpc) is 2.01. The lowest BCUT2D eigenvalue weighted by molar-refractivity contribution is 0.388. The van der Waals surface area contributed by atoms with Gasteiger partial charge in [-0.05, 0) is 6.92 Å². The summed E-state index contributed by atoms with van der Waals surface area (Å²) in [7, 11) is -1.81. The Hall–Kier alpha value is -0.170. The van der Waals surface area contributed by atoms with E-state index < -0.39 is 10.2 Å². The molecule has 0 aromatic carbocycles. The summed E-state index contributed by atoms with van der Waals surface area (Å²) in [5.74, 6) is 0. The van der Waals surface area contributed by atoms with Crippen LogP contribution in [-0.4, -0.2) is 38.9 Å². The third-order valence-corrected chi connectivity index (χ3v) is 3.44. The topological polar surface area (TPSA) is 75.4 Å². The first kappa shape index (κ1) is 11.8. The van der Waals surface area contributed by atoms with E-state index in [1.165, 1.54) is 11.4 Å². The first-order valence-corrected chi connectivity index (χ1v) is 5.32. The Morgan fingerprint density at radius 2 is 2.08 bits per heavy atom. The Bertz CT molecular complexity index is 215. The highest BCUT2D eigenvalue weighted by atomic mass is 32.2. The van der Waals surface area contributed by atoms with E-state index in [2.05, 4.69) is 4.72 Å². The van der Waals surface area contributed by atoms with Crippen LogP contribution in [0.3, 0.4) is 0 Å². The molecule has 74 valence electrons. The maximum absolute atomic E-state index is 11.3. The van der Waals surface area contributed by atoms with Gasteiger partial charge in [-0.15, -0.1) is 0 Å². The Labute approximate surface area is 74.1 Å². The lowest BCUT2D eigenvalue weighted by atomic mass is 10.4. The lowest BCUT2D eigenvalue weighted by Gasteiger charge is -2.22. The first-order valence-electron chi connectivity index (χ1n) is 3.88. The van der Waals surface area contributed by atoms with E-state index in [9.17, 15) is 8.42 Å². The van der Waals surface area contributed by atoms with Gasteiger partial charge in [0, 0.05) is 26.2 Å². The Balaban J connectivity index is 4.35. The highest BCUT2D eigenvalue weighted by Crippen LogP contribution is 1.99. The molecule has 0 heterocycles. The van der Waals surface area contributed by atoms with E-state index >= 15 is 0 Å². The molecule has 0 aromatic rings. The lowest BCUT2D eigenvalue weighted by Crippen LogP contribution is -2.45. The van der Waals surface area contributed by atoms with Crippen molar-refractivity contribution in [2.24, 2.45) is 5.73 Å². The Morgan fingerprint density at radius 3 is 2.42 bits per heavy atom. The molecule has 0 spiro atoms. The second kappa shape index (κ2) is 4.76. The van der Waals surface area contributed by atoms with E-state index in [1.54, 1.807) is 13.8 Å². The molecule has 5 nitrogen and oxygen atoms in total. The molecule has 0 aliphatic heterocycles. The van der Waals surface area contributed by atoms with Crippen molar-refractivity contribution in [2.75, 3.05) is 20.1 Å². The van der Waals surface area contributed by atoms with Crippen molar-refractivity contribution in [3.63, 3.8) is 0 Å². The number of rotatable bonds is 5. The van der Waals surface area contributed by atoms with Crippen LogP contribution in [-0.2, 0) is 10.2 Å². The predicted octanol–water partition coefficient (Wildman–Crippen LogP) is -0.880. The summed E-state index contributed by atoms with van der Waals surface area (Å²) in [5.41, 5.74) is 5.33. The number of likely N-dealkylation sites (N-methyl/N-ethyl adjacent to an activating group) is 1.